The lowest BCUT2D eigenvalue weighted by Crippen LogP contribution is -2.25. The first-order valence-corrected chi connectivity index (χ1v) is 5.01. The number of benzene rings is 1. The summed E-state index contributed by atoms with van der Waals surface area (Å²) in [5, 5.41) is 0. The molecule has 1 heterocycles. The minimum Gasteiger partial charge on any atom is -0.361 e. The fourth-order valence-corrected chi connectivity index (χ4v) is 1.82. The molecule has 68 valence electrons. The van der Waals surface area contributed by atoms with Crippen molar-refractivity contribution in [2.75, 3.05) is 11.4 Å². The molecule has 13 heavy (non-hydrogen) atoms. The van der Waals surface area contributed by atoms with Gasteiger partial charge in [0.2, 0.25) is 0 Å². The van der Waals surface area contributed by atoms with Crippen molar-refractivity contribution >= 4 is 5.69 Å². The Morgan fingerprint density at radius 3 is 3.08 bits per heavy atom. The summed E-state index contributed by atoms with van der Waals surface area (Å²) < 4.78 is 0. The number of rotatable bonds is 2. The molecule has 0 saturated heterocycles. The molecule has 0 spiro atoms. The van der Waals surface area contributed by atoms with Gasteiger partial charge >= 0.3 is 0 Å². The summed E-state index contributed by atoms with van der Waals surface area (Å²) in [6.45, 7) is 6.71. The van der Waals surface area contributed by atoms with Gasteiger partial charge in [-0.25, -0.2) is 0 Å². The Kier molecular flexibility index (Phi) is 2.53. The number of aryl methyl sites for hydroxylation is 1. The zero-order chi connectivity index (χ0) is 9.10. The second-order valence-electron chi connectivity index (χ2n) is 3.44. The van der Waals surface area contributed by atoms with Crippen LogP contribution in [0.4, 0.5) is 5.69 Å². The van der Waals surface area contributed by atoms with E-state index >= 15 is 0 Å². The highest BCUT2D eigenvalue weighted by atomic mass is 15.1. The fraction of sp³-hybridized carbons (Fsp3) is 0.417. The van der Waals surface area contributed by atoms with E-state index < -0.39 is 0 Å². The van der Waals surface area contributed by atoms with Gasteiger partial charge < -0.3 is 4.90 Å². The highest BCUT2D eigenvalue weighted by molar-refractivity contribution is 5.56. The van der Waals surface area contributed by atoms with Crippen molar-refractivity contribution in [3.63, 3.8) is 0 Å². The van der Waals surface area contributed by atoms with E-state index in [9.17, 15) is 0 Å². The first kappa shape index (κ1) is 8.61. The number of para-hydroxylation sites is 1. The van der Waals surface area contributed by atoms with Gasteiger partial charge in [-0.2, -0.15) is 0 Å². The number of nitrogens with zero attached hydrogens (tertiary/aromatic N) is 1. The molecule has 2 rings (SSSR count). The number of anilines is 1. The normalized spacial score (nSPS) is 15.6. The molecule has 0 atom stereocenters. The van der Waals surface area contributed by atoms with Crippen LogP contribution in [-0.2, 0) is 6.42 Å². The van der Waals surface area contributed by atoms with Gasteiger partial charge in [-0.3, -0.25) is 0 Å². The van der Waals surface area contributed by atoms with Crippen molar-refractivity contribution in [2.24, 2.45) is 0 Å². The average molecular weight is 173 g/mol. The van der Waals surface area contributed by atoms with E-state index in [1.165, 1.54) is 17.7 Å². The lowest BCUT2D eigenvalue weighted by molar-refractivity contribution is 0.752. The Morgan fingerprint density at radius 1 is 1.38 bits per heavy atom. The molecule has 0 aromatic heterocycles. The van der Waals surface area contributed by atoms with Crippen LogP contribution in [0.1, 0.15) is 25.3 Å². The molecule has 1 aliphatic heterocycles. The molecular formula is C12H15N. The second-order valence-corrected chi connectivity index (χ2v) is 3.44. The molecule has 0 bridgehead atoms. The van der Waals surface area contributed by atoms with Gasteiger partial charge in [0.25, 0.3) is 0 Å². The predicted octanol–water partition coefficient (Wildman–Crippen LogP) is 2.89. The summed E-state index contributed by atoms with van der Waals surface area (Å²) >= 11 is 0. The van der Waals surface area contributed by atoms with Crippen LogP contribution in [0.5, 0.6) is 0 Å². The molecule has 1 heteroatoms. The van der Waals surface area contributed by atoms with Gasteiger partial charge in [0.05, 0.1) is 6.54 Å². The molecule has 1 aliphatic rings. The lowest BCUT2D eigenvalue weighted by atomic mass is 10.0. The molecular weight excluding hydrogens is 158 g/mol. The maximum atomic E-state index is 3.41. The summed E-state index contributed by atoms with van der Waals surface area (Å²) in [4.78, 5) is 2.26. The molecule has 0 aliphatic carbocycles. The monoisotopic (exact) mass is 173 g/mol. The van der Waals surface area contributed by atoms with Crippen LogP contribution in [0.2, 0.25) is 0 Å². The minimum absolute atomic E-state index is 1.07. The third kappa shape index (κ3) is 1.69. The van der Waals surface area contributed by atoms with Gasteiger partial charge in [0, 0.05) is 12.2 Å². The number of hydrogen-bond acceptors (Lipinski definition) is 1. The third-order valence-corrected chi connectivity index (χ3v) is 2.43. The van der Waals surface area contributed by atoms with Gasteiger partial charge in [-0.15, -0.1) is 0 Å². The molecule has 0 unspecified atom stereocenters. The van der Waals surface area contributed by atoms with Crippen molar-refractivity contribution in [1.29, 1.82) is 0 Å². The Hall–Kier alpha value is -0.980. The van der Waals surface area contributed by atoms with E-state index in [1.807, 2.05) is 0 Å². The Labute approximate surface area is 80.4 Å². The van der Waals surface area contributed by atoms with Crippen molar-refractivity contribution in [1.82, 2.24) is 0 Å². The highest BCUT2D eigenvalue weighted by Gasteiger charge is 2.15. The Bertz CT molecular complexity index is 280. The Balaban J connectivity index is 2.26. The maximum Gasteiger partial charge on any atom is 0.0915 e. The van der Waals surface area contributed by atoms with E-state index in [0.29, 0.717) is 0 Å². The molecule has 0 fully saturated rings. The van der Waals surface area contributed by atoms with Crippen molar-refractivity contribution in [3.05, 3.63) is 36.4 Å². The summed E-state index contributed by atoms with van der Waals surface area (Å²) in [7, 11) is 0. The fourth-order valence-electron chi connectivity index (χ4n) is 1.82. The predicted molar refractivity (Wildman–Crippen MR) is 55.6 cm³/mol. The summed E-state index contributed by atoms with van der Waals surface area (Å²) in [6, 6.07) is 8.64. The summed E-state index contributed by atoms with van der Waals surface area (Å²) in [5.41, 5.74) is 2.82. The van der Waals surface area contributed by atoms with E-state index in [1.54, 1.807) is 0 Å². The molecule has 1 aromatic carbocycles. The van der Waals surface area contributed by atoms with Gasteiger partial charge in [0.1, 0.15) is 0 Å². The quantitative estimate of drug-likeness (QED) is 0.664. The Morgan fingerprint density at radius 2 is 2.23 bits per heavy atom. The SMILES string of the molecule is CCCN1[C]CCc2ccccc21. The number of hydrogen-bond donors (Lipinski definition) is 0. The van der Waals surface area contributed by atoms with Crippen LogP contribution in [0.15, 0.2) is 24.3 Å². The maximum absolute atomic E-state index is 3.41. The van der Waals surface area contributed by atoms with Crippen LogP contribution in [-0.4, -0.2) is 6.54 Å². The minimum atomic E-state index is 1.07. The van der Waals surface area contributed by atoms with E-state index in [0.717, 1.165) is 19.4 Å². The zero-order valence-electron chi connectivity index (χ0n) is 8.09. The molecule has 0 N–H and O–H groups in total. The van der Waals surface area contributed by atoms with E-state index in [4.69, 9.17) is 0 Å². The lowest BCUT2D eigenvalue weighted by Gasteiger charge is -2.29. The van der Waals surface area contributed by atoms with Crippen LogP contribution >= 0.6 is 0 Å². The van der Waals surface area contributed by atoms with Gasteiger partial charge in [0.15, 0.2) is 0 Å². The van der Waals surface area contributed by atoms with Crippen LogP contribution in [0.25, 0.3) is 0 Å². The smallest absolute Gasteiger partial charge is 0.0915 e. The third-order valence-electron chi connectivity index (χ3n) is 2.43. The molecule has 1 nitrogen and oxygen atoms in total. The van der Waals surface area contributed by atoms with Crippen molar-refractivity contribution < 1.29 is 0 Å². The summed E-state index contributed by atoms with van der Waals surface area (Å²) in [5.74, 6) is 0. The van der Waals surface area contributed by atoms with Gasteiger partial charge in [-0.1, -0.05) is 25.1 Å². The molecule has 0 amide bonds. The largest absolute Gasteiger partial charge is 0.361 e. The molecule has 0 saturated carbocycles. The van der Waals surface area contributed by atoms with Crippen molar-refractivity contribution in [2.45, 2.75) is 26.2 Å². The van der Waals surface area contributed by atoms with E-state index in [-0.39, 0.29) is 0 Å². The first-order valence-electron chi connectivity index (χ1n) is 5.01. The van der Waals surface area contributed by atoms with Crippen LogP contribution in [0.3, 0.4) is 0 Å². The standard InChI is InChI=1S/C12H15N/c1-2-9-13-10-5-7-11-6-3-4-8-12(11)13/h3-4,6,8H,2,5,7,9H2,1H3. The zero-order valence-corrected chi connectivity index (χ0v) is 8.09. The highest BCUT2D eigenvalue weighted by Crippen LogP contribution is 2.28. The van der Waals surface area contributed by atoms with Crippen LogP contribution in [0, 0.1) is 6.54 Å². The number of fused-ring (bicyclic) bond motifs is 1. The van der Waals surface area contributed by atoms with Gasteiger partial charge in [-0.05, 0) is 30.9 Å². The second kappa shape index (κ2) is 3.82. The summed E-state index contributed by atoms with van der Waals surface area (Å²) in [6.07, 6.45) is 3.40. The van der Waals surface area contributed by atoms with Crippen LogP contribution < -0.4 is 4.90 Å². The average Bonchev–Trinajstić information content (AvgIpc) is 2.19. The molecule has 1 aromatic rings. The molecule has 2 radical (unpaired) electrons. The van der Waals surface area contributed by atoms with Crippen molar-refractivity contribution in [3.8, 4) is 0 Å². The first-order chi connectivity index (χ1) is 6.42. The topological polar surface area (TPSA) is 3.24 Å². The van der Waals surface area contributed by atoms with E-state index in [2.05, 4.69) is 42.6 Å².